The Bertz CT molecular complexity index is 1000. The highest BCUT2D eigenvalue weighted by Gasteiger charge is 2.14. The number of phenolic OH excluding ortho intramolecular Hbond substituents is 1. The van der Waals surface area contributed by atoms with Gasteiger partial charge in [-0.2, -0.15) is 0 Å². The van der Waals surface area contributed by atoms with Crippen molar-refractivity contribution in [1.29, 1.82) is 0 Å². The van der Waals surface area contributed by atoms with E-state index in [1.54, 1.807) is 37.3 Å². The Morgan fingerprint density at radius 2 is 1.92 bits per heavy atom. The van der Waals surface area contributed by atoms with Crippen LogP contribution in [0.25, 0.3) is 0 Å². The first kappa shape index (κ1) is 18.0. The minimum atomic E-state index is -0.197. The predicted octanol–water partition coefficient (Wildman–Crippen LogP) is 4.14. The summed E-state index contributed by atoms with van der Waals surface area (Å²) >= 11 is 7.35. The van der Waals surface area contributed by atoms with E-state index < -0.39 is 0 Å². The third-order valence-corrected chi connectivity index (χ3v) is 5.02. The minimum Gasteiger partial charge on any atom is -0.508 e. The Morgan fingerprint density at radius 1 is 1.19 bits per heavy atom. The average Bonchev–Trinajstić information content (AvgIpc) is 3.01. The number of halogens is 1. The summed E-state index contributed by atoms with van der Waals surface area (Å²) in [6.07, 6.45) is 0. The van der Waals surface area contributed by atoms with Gasteiger partial charge in [0.15, 0.2) is 5.01 Å². The third kappa shape index (κ3) is 4.42. The zero-order valence-electron chi connectivity index (χ0n) is 13.9. The van der Waals surface area contributed by atoms with Crippen molar-refractivity contribution in [2.24, 2.45) is 0 Å². The zero-order valence-corrected chi connectivity index (χ0v) is 15.5. The van der Waals surface area contributed by atoms with Crippen LogP contribution in [0, 0.1) is 18.8 Å². The molecular formula is C20H15ClN2O2S. The number of rotatable bonds is 3. The van der Waals surface area contributed by atoms with Crippen molar-refractivity contribution in [3.05, 3.63) is 80.3 Å². The van der Waals surface area contributed by atoms with Gasteiger partial charge >= 0.3 is 0 Å². The Kier molecular flexibility index (Phi) is 5.57. The van der Waals surface area contributed by atoms with Crippen molar-refractivity contribution in [2.75, 3.05) is 0 Å². The monoisotopic (exact) mass is 382 g/mol. The number of carbonyl (C=O) groups is 1. The molecule has 2 N–H and O–H groups in total. The number of amides is 1. The number of thiazole rings is 1. The lowest BCUT2D eigenvalue weighted by molar-refractivity contribution is 0.0954. The van der Waals surface area contributed by atoms with Gasteiger partial charge in [-0.3, -0.25) is 4.79 Å². The van der Waals surface area contributed by atoms with Crippen molar-refractivity contribution < 1.29 is 9.90 Å². The van der Waals surface area contributed by atoms with Crippen LogP contribution in [0.1, 0.15) is 31.5 Å². The van der Waals surface area contributed by atoms with Gasteiger partial charge in [0.2, 0.25) is 0 Å². The molecule has 0 saturated carbocycles. The Labute approximate surface area is 160 Å². The number of hydrogen-bond acceptors (Lipinski definition) is 4. The van der Waals surface area contributed by atoms with E-state index in [9.17, 15) is 9.90 Å². The summed E-state index contributed by atoms with van der Waals surface area (Å²) in [5.41, 5.74) is 2.26. The number of nitrogens with one attached hydrogen (secondary N) is 1. The number of aryl methyl sites for hydroxylation is 1. The quantitative estimate of drug-likeness (QED) is 0.669. The zero-order chi connectivity index (χ0) is 18.5. The van der Waals surface area contributed by atoms with Gasteiger partial charge in [0.1, 0.15) is 10.6 Å². The van der Waals surface area contributed by atoms with Crippen molar-refractivity contribution in [1.82, 2.24) is 10.3 Å². The summed E-state index contributed by atoms with van der Waals surface area (Å²) in [7, 11) is 0. The van der Waals surface area contributed by atoms with Gasteiger partial charge in [0, 0.05) is 17.1 Å². The molecule has 3 aromatic rings. The highest BCUT2D eigenvalue weighted by atomic mass is 35.5. The van der Waals surface area contributed by atoms with Crippen LogP contribution in [0.4, 0.5) is 0 Å². The van der Waals surface area contributed by atoms with Crippen molar-refractivity contribution in [2.45, 2.75) is 13.5 Å². The molecule has 1 amide bonds. The molecule has 6 heteroatoms. The maximum atomic E-state index is 12.4. The van der Waals surface area contributed by atoms with Crippen LogP contribution in [0.2, 0.25) is 5.02 Å². The number of phenols is 1. The van der Waals surface area contributed by atoms with Crippen LogP contribution in [0.15, 0.2) is 48.5 Å². The number of aromatic nitrogens is 1. The summed E-state index contributed by atoms with van der Waals surface area (Å²) in [5, 5.41) is 13.3. The van der Waals surface area contributed by atoms with Crippen molar-refractivity contribution >= 4 is 28.8 Å². The molecule has 0 spiro atoms. The fourth-order valence-electron chi connectivity index (χ4n) is 2.23. The van der Waals surface area contributed by atoms with Crippen LogP contribution in [0.5, 0.6) is 5.75 Å². The van der Waals surface area contributed by atoms with Gasteiger partial charge in [-0.05, 0) is 48.7 Å². The van der Waals surface area contributed by atoms with E-state index in [1.807, 2.05) is 18.2 Å². The van der Waals surface area contributed by atoms with Crippen LogP contribution < -0.4 is 5.32 Å². The molecular weight excluding hydrogens is 368 g/mol. The largest absolute Gasteiger partial charge is 0.508 e. The minimum absolute atomic E-state index is 0.193. The third-order valence-electron chi connectivity index (χ3n) is 3.58. The maximum Gasteiger partial charge on any atom is 0.263 e. The molecule has 2 aromatic carbocycles. The SMILES string of the molecule is Cc1nc(C#Cc2ccc(O)cc2)sc1C(=O)NCc1ccccc1Cl. The molecule has 1 heterocycles. The van der Waals surface area contributed by atoms with E-state index in [-0.39, 0.29) is 11.7 Å². The molecule has 130 valence electrons. The summed E-state index contributed by atoms with van der Waals surface area (Å²) < 4.78 is 0. The summed E-state index contributed by atoms with van der Waals surface area (Å²) in [5.74, 6) is 5.92. The van der Waals surface area contributed by atoms with Gasteiger partial charge in [-0.15, -0.1) is 11.3 Å². The molecule has 3 rings (SSSR count). The normalized spacial score (nSPS) is 10.1. The Morgan fingerprint density at radius 3 is 2.65 bits per heavy atom. The topological polar surface area (TPSA) is 62.2 Å². The molecule has 4 nitrogen and oxygen atoms in total. The molecule has 0 saturated heterocycles. The van der Waals surface area contributed by atoms with E-state index in [4.69, 9.17) is 11.6 Å². The first-order valence-corrected chi connectivity index (χ1v) is 9.02. The second-order valence-electron chi connectivity index (χ2n) is 5.50. The summed E-state index contributed by atoms with van der Waals surface area (Å²) in [4.78, 5) is 17.3. The lowest BCUT2D eigenvalue weighted by Crippen LogP contribution is -2.22. The molecule has 0 unspecified atom stereocenters. The van der Waals surface area contributed by atoms with Crippen molar-refractivity contribution in [3.63, 3.8) is 0 Å². The van der Waals surface area contributed by atoms with Crippen LogP contribution >= 0.6 is 22.9 Å². The second kappa shape index (κ2) is 8.05. The highest BCUT2D eigenvalue weighted by molar-refractivity contribution is 7.14. The summed E-state index contributed by atoms with van der Waals surface area (Å²) in [6, 6.07) is 14.0. The van der Waals surface area contributed by atoms with E-state index in [1.165, 1.54) is 11.3 Å². The van der Waals surface area contributed by atoms with Gasteiger partial charge in [-0.1, -0.05) is 35.7 Å². The molecule has 1 aromatic heterocycles. The molecule has 0 bridgehead atoms. The van der Waals surface area contributed by atoms with E-state index >= 15 is 0 Å². The van der Waals surface area contributed by atoms with Gasteiger partial charge < -0.3 is 10.4 Å². The molecule has 0 aliphatic heterocycles. The number of aromatic hydroxyl groups is 1. The smallest absolute Gasteiger partial charge is 0.263 e. The Balaban J connectivity index is 1.70. The lowest BCUT2D eigenvalue weighted by atomic mass is 10.2. The fourth-order valence-corrected chi connectivity index (χ4v) is 3.27. The lowest BCUT2D eigenvalue weighted by Gasteiger charge is -2.05. The Hall–Kier alpha value is -2.81. The van der Waals surface area contributed by atoms with Crippen LogP contribution in [-0.4, -0.2) is 16.0 Å². The first-order chi connectivity index (χ1) is 12.5. The molecule has 0 fully saturated rings. The summed E-state index contributed by atoms with van der Waals surface area (Å²) in [6.45, 7) is 2.14. The maximum absolute atomic E-state index is 12.4. The molecule has 0 aliphatic carbocycles. The highest BCUT2D eigenvalue weighted by Crippen LogP contribution is 2.19. The van der Waals surface area contributed by atoms with E-state index in [2.05, 4.69) is 22.1 Å². The van der Waals surface area contributed by atoms with E-state index in [0.717, 1.165) is 11.1 Å². The fraction of sp³-hybridized carbons (Fsp3) is 0.100. The number of nitrogens with zero attached hydrogens (tertiary/aromatic N) is 1. The first-order valence-electron chi connectivity index (χ1n) is 7.83. The molecule has 0 aliphatic rings. The van der Waals surface area contributed by atoms with Crippen LogP contribution in [0.3, 0.4) is 0 Å². The number of hydrogen-bond donors (Lipinski definition) is 2. The molecule has 0 radical (unpaired) electrons. The van der Waals surface area contributed by atoms with Crippen molar-refractivity contribution in [3.8, 4) is 17.6 Å². The van der Waals surface area contributed by atoms with Crippen LogP contribution in [-0.2, 0) is 6.54 Å². The van der Waals surface area contributed by atoms with Gasteiger partial charge in [0.25, 0.3) is 5.91 Å². The second-order valence-corrected chi connectivity index (χ2v) is 6.91. The molecule has 0 atom stereocenters. The standard InChI is InChI=1S/C20H15ClN2O2S/c1-13-19(20(25)22-12-15-4-2-3-5-17(15)21)26-18(23-13)11-8-14-6-9-16(24)10-7-14/h2-7,9-10,24H,12H2,1H3,(H,22,25). The predicted molar refractivity (Wildman–Crippen MR) is 104 cm³/mol. The molecule has 26 heavy (non-hydrogen) atoms. The van der Waals surface area contributed by atoms with Gasteiger partial charge in [0.05, 0.1) is 5.69 Å². The van der Waals surface area contributed by atoms with Gasteiger partial charge in [-0.25, -0.2) is 4.98 Å². The number of carbonyl (C=O) groups excluding carboxylic acids is 1. The van der Waals surface area contributed by atoms with E-state index in [0.29, 0.717) is 27.1 Å². The number of benzene rings is 2. The average molecular weight is 383 g/mol.